The van der Waals surface area contributed by atoms with Gasteiger partial charge in [0.25, 0.3) is 0 Å². The van der Waals surface area contributed by atoms with Gasteiger partial charge in [-0.05, 0) is 0 Å². The highest BCUT2D eigenvalue weighted by atomic mass is 16.5. The molecular formula is C26H52O2. The van der Waals surface area contributed by atoms with Crippen molar-refractivity contribution >= 4 is 5.97 Å². The third kappa shape index (κ3) is 32.8. The van der Waals surface area contributed by atoms with Crippen molar-refractivity contribution in [3.8, 4) is 0 Å². The van der Waals surface area contributed by atoms with Crippen molar-refractivity contribution in [1.29, 1.82) is 0 Å². The van der Waals surface area contributed by atoms with Crippen LogP contribution in [-0.4, -0.2) is 5.97 Å². The standard InChI is InChI=1S/C22H46.C4H6O2/c1-3-5-7-9-11-13-15-17-19-21-22-20-18-16-14-12-10-8-6-4-2;1-3-6-4(2)5/h3-22H2,1-2H3;3H,1H2,2H3. The fraction of sp³-hybridized carbons (Fsp3) is 0.885. The number of ether oxygens (including phenoxy) is 1. The van der Waals surface area contributed by atoms with Crippen molar-refractivity contribution in [3.05, 3.63) is 12.8 Å². The molecule has 0 saturated heterocycles. The molecule has 28 heavy (non-hydrogen) atoms. The Balaban J connectivity index is 0. The van der Waals surface area contributed by atoms with E-state index in [2.05, 4.69) is 25.2 Å². The summed E-state index contributed by atoms with van der Waals surface area (Å²) in [5.41, 5.74) is 0. The molecule has 0 N–H and O–H groups in total. The van der Waals surface area contributed by atoms with E-state index in [1.807, 2.05) is 0 Å². The van der Waals surface area contributed by atoms with Gasteiger partial charge in [-0.25, -0.2) is 0 Å². The lowest BCUT2D eigenvalue weighted by Gasteiger charge is -2.03. The molecule has 0 rings (SSSR count). The Hall–Kier alpha value is -0.790. The minimum Gasteiger partial charge on any atom is -0.435 e. The number of hydrogen-bond donors (Lipinski definition) is 0. The molecule has 0 spiro atoms. The number of unbranched alkanes of at least 4 members (excludes halogenated alkanes) is 19. The predicted molar refractivity (Wildman–Crippen MR) is 126 cm³/mol. The first-order valence-corrected chi connectivity index (χ1v) is 12.5. The summed E-state index contributed by atoms with van der Waals surface area (Å²) in [5, 5.41) is 0. The van der Waals surface area contributed by atoms with E-state index in [0.717, 1.165) is 6.26 Å². The Bertz CT molecular complexity index is 279. The van der Waals surface area contributed by atoms with Crippen LogP contribution in [0, 0.1) is 0 Å². The van der Waals surface area contributed by atoms with Gasteiger partial charge in [0.15, 0.2) is 0 Å². The largest absolute Gasteiger partial charge is 0.435 e. The van der Waals surface area contributed by atoms with E-state index in [-0.39, 0.29) is 5.97 Å². The maximum absolute atomic E-state index is 9.75. The summed E-state index contributed by atoms with van der Waals surface area (Å²) in [6.07, 6.45) is 30.5. The number of rotatable bonds is 20. The molecule has 2 nitrogen and oxygen atoms in total. The molecule has 0 fully saturated rings. The van der Waals surface area contributed by atoms with Gasteiger partial charge in [0, 0.05) is 6.92 Å². The first-order valence-electron chi connectivity index (χ1n) is 12.5. The summed E-state index contributed by atoms with van der Waals surface area (Å²) in [6.45, 7) is 9.08. The molecule has 0 amide bonds. The Morgan fingerprint density at radius 2 is 0.786 bits per heavy atom. The Morgan fingerprint density at radius 1 is 0.571 bits per heavy atom. The van der Waals surface area contributed by atoms with Crippen molar-refractivity contribution in [2.75, 3.05) is 0 Å². The molecular weight excluding hydrogens is 344 g/mol. The zero-order valence-corrected chi connectivity index (χ0v) is 19.7. The average molecular weight is 397 g/mol. The van der Waals surface area contributed by atoms with Crippen molar-refractivity contribution in [2.24, 2.45) is 0 Å². The summed E-state index contributed by atoms with van der Waals surface area (Å²) in [7, 11) is 0. The third-order valence-electron chi connectivity index (χ3n) is 5.21. The highest BCUT2D eigenvalue weighted by Crippen LogP contribution is 2.14. The van der Waals surface area contributed by atoms with E-state index < -0.39 is 0 Å². The van der Waals surface area contributed by atoms with E-state index in [1.54, 1.807) is 0 Å². The molecule has 2 heteroatoms. The van der Waals surface area contributed by atoms with Crippen LogP contribution in [0.5, 0.6) is 0 Å². The highest BCUT2D eigenvalue weighted by Gasteiger charge is 1.94. The van der Waals surface area contributed by atoms with Crippen LogP contribution in [0.1, 0.15) is 149 Å². The number of carbonyl (C=O) groups is 1. The van der Waals surface area contributed by atoms with Crippen LogP contribution >= 0.6 is 0 Å². The average Bonchev–Trinajstić information content (AvgIpc) is 2.67. The second kappa shape index (κ2) is 28.4. The van der Waals surface area contributed by atoms with Crippen LogP contribution in [0.3, 0.4) is 0 Å². The van der Waals surface area contributed by atoms with Gasteiger partial charge in [-0.2, -0.15) is 0 Å². The van der Waals surface area contributed by atoms with E-state index in [4.69, 9.17) is 0 Å². The fourth-order valence-electron chi connectivity index (χ4n) is 3.45. The first-order chi connectivity index (χ1) is 13.7. The molecule has 0 atom stereocenters. The van der Waals surface area contributed by atoms with E-state index in [0.29, 0.717) is 0 Å². The minimum atomic E-state index is -0.329. The maximum Gasteiger partial charge on any atom is 0.307 e. The first kappa shape index (κ1) is 29.4. The Labute approximate surface area is 177 Å². The monoisotopic (exact) mass is 396 g/mol. The fourth-order valence-corrected chi connectivity index (χ4v) is 3.45. The van der Waals surface area contributed by atoms with Crippen LogP contribution in [0.25, 0.3) is 0 Å². The molecule has 0 aromatic heterocycles. The molecule has 0 unspecified atom stereocenters. The molecule has 0 aromatic rings. The van der Waals surface area contributed by atoms with Gasteiger partial charge in [0.1, 0.15) is 0 Å². The summed E-state index contributed by atoms with van der Waals surface area (Å²) in [4.78, 5) is 9.75. The second-order valence-corrected chi connectivity index (χ2v) is 8.14. The lowest BCUT2D eigenvalue weighted by atomic mass is 10.0. The zero-order chi connectivity index (χ0) is 21.1. The minimum absolute atomic E-state index is 0.329. The molecule has 168 valence electrons. The van der Waals surface area contributed by atoms with Gasteiger partial charge in [-0.3, -0.25) is 4.79 Å². The van der Waals surface area contributed by atoms with Gasteiger partial charge in [0.2, 0.25) is 0 Å². The van der Waals surface area contributed by atoms with Crippen LogP contribution in [0.2, 0.25) is 0 Å². The van der Waals surface area contributed by atoms with Crippen molar-refractivity contribution in [3.63, 3.8) is 0 Å². The van der Waals surface area contributed by atoms with Gasteiger partial charge in [-0.1, -0.05) is 149 Å². The number of hydrogen-bond acceptors (Lipinski definition) is 2. The maximum atomic E-state index is 9.75. The lowest BCUT2D eigenvalue weighted by Crippen LogP contribution is -1.87. The van der Waals surface area contributed by atoms with Crippen molar-refractivity contribution in [1.82, 2.24) is 0 Å². The Morgan fingerprint density at radius 3 is 0.893 bits per heavy atom. The normalized spacial score (nSPS) is 10.2. The zero-order valence-electron chi connectivity index (χ0n) is 19.7. The quantitative estimate of drug-likeness (QED) is 0.116. The lowest BCUT2D eigenvalue weighted by molar-refractivity contribution is -0.135. The molecule has 0 radical (unpaired) electrons. The summed E-state index contributed by atoms with van der Waals surface area (Å²) in [5.74, 6) is -0.329. The topological polar surface area (TPSA) is 26.3 Å². The SMILES string of the molecule is C=COC(C)=O.CCCCCCCCCCCCCCCCCCCCCC. The molecule has 0 aliphatic carbocycles. The van der Waals surface area contributed by atoms with Gasteiger partial charge in [-0.15, -0.1) is 0 Å². The molecule has 0 aliphatic heterocycles. The molecule has 0 saturated carbocycles. The third-order valence-corrected chi connectivity index (χ3v) is 5.21. The summed E-state index contributed by atoms with van der Waals surface area (Å²) >= 11 is 0. The van der Waals surface area contributed by atoms with Crippen molar-refractivity contribution in [2.45, 2.75) is 149 Å². The molecule has 0 heterocycles. The molecule has 0 aliphatic rings. The van der Waals surface area contributed by atoms with Crippen LogP contribution in [0.15, 0.2) is 12.8 Å². The summed E-state index contributed by atoms with van der Waals surface area (Å²) in [6, 6.07) is 0. The van der Waals surface area contributed by atoms with Gasteiger partial charge < -0.3 is 4.74 Å². The molecule has 0 bridgehead atoms. The van der Waals surface area contributed by atoms with E-state index in [1.165, 1.54) is 135 Å². The van der Waals surface area contributed by atoms with Crippen LogP contribution < -0.4 is 0 Å². The molecule has 0 aromatic carbocycles. The van der Waals surface area contributed by atoms with Gasteiger partial charge >= 0.3 is 5.97 Å². The number of carbonyl (C=O) groups excluding carboxylic acids is 1. The van der Waals surface area contributed by atoms with E-state index in [9.17, 15) is 4.79 Å². The van der Waals surface area contributed by atoms with Gasteiger partial charge in [0.05, 0.1) is 6.26 Å². The smallest absolute Gasteiger partial charge is 0.307 e. The second-order valence-electron chi connectivity index (χ2n) is 8.14. The summed E-state index contributed by atoms with van der Waals surface area (Å²) < 4.78 is 4.17. The highest BCUT2D eigenvalue weighted by molar-refractivity contribution is 5.66. The van der Waals surface area contributed by atoms with Crippen molar-refractivity contribution < 1.29 is 9.53 Å². The number of esters is 1. The van der Waals surface area contributed by atoms with Crippen LogP contribution in [0.4, 0.5) is 0 Å². The predicted octanol–water partition coefficient (Wildman–Crippen LogP) is 9.52. The Kier molecular flexibility index (Phi) is 29.9. The van der Waals surface area contributed by atoms with E-state index >= 15 is 0 Å². The van der Waals surface area contributed by atoms with Crippen LogP contribution in [-0.2, 0) is 9.53 Å².